The molecule has 0 aliphatic heterocycles. The van der Waals surface area contributed by atoms with Gasteiger partial charge in [-0.25, -0.2) is 0 Å². The van der Waals surface area contributed by atoms with Crippen LogP contribution in [0.25, 0.3) is 0 Å². The normalized spacial score (nSPS) is 12.1. The molecule has 1 rings (SSSR count). The maximum Gasteiger partial charge on any atom is 0.0460 e. The Morgan fingerprint density at radius 1 is 1.44 bits per heavy atom. The molecule has 0 spiro atoms. The van der Waals surface area contributed by atoms with Crippen molar-refractivity contribution >= 4 is 11.8 Å². The number of terminal acetylenes is 1. The third-order valence-corrected chi connectivity index (χ3v) is 3.28. The van der Waals surface area contributed by atoms with Crippen LogP contribution < -0.4 is 11.3 Å². The number of nitrogens with two attached hydrogens (primary N) is 1. The van der Waals surface area contributed by atoms with Gasteiger partial charge in [-0.15, -0.1) is 24.1 Å². The van der Waals surface area contributed by atoms with Gasteiger partial charge in [0.05, 0.1) is 0 Å². The lowest BCUT2D eigenvalue weighted by Gasteiger charge is -2.15. The lowest BCUT2D eigenvalue weighted by molar-refractivity contribution is 0.502. The van der Waals surface area contributed by atoms with Crippen LogP contribution in [-0.2, 0) is 0 Å². The fourth-order valence-electron chi connectivity index (χ4n) is 1.59. The molecule has 86 valence electrons. The van der Waals surface area contributed by atoms with Crippen molar-refractivity contribution in [1.82, 2.24) is 5.43 Å². The van der Waals surface area contributed by atoms with E-state index >= 15 is 0 Å². The topological polar surface area (TPSA) is 38.0 Å². The molecule has 1 aromatic rings. The number of nitrogens with one attached hydrogen (secondary N) is 1. The first-order valence-corrected chi connectivity index (χ1v) is 6.57. The third-order valence-electron chi connectivity index (χ3n) is 2.53. The first kappa shape index (κ1) is 13.1. The molecule has 1 unspecified atom stereocenters. The molecule has 0 aliphatic rings. The van der Waals surface area contributed by atoms with Gasteiger partial charge in [0.25, 0.3) is 0 Å². The standard InChI is InChI=1S/C13H18N2S/c1-3-4-5-6-13(15-14)11-7-9-12(16-2)10-8-11/h1,7-10,13,15H,4-6,14H2,2H3. The van der Waals surface area contributed by atoms with Crippen LogP contribution in [0.4, 0.5) is 0 Å². The summed E-state index contributed by atoms with van der Waals surface area (Å²) in [5, 5.41) is 0. The van der Waals surface area contributed by atoms with Crippen molar-refractivity contribution in [3.8, 4) is 12.3 Å². The molecule has 0 aliphatic carbocycles. The summed E-state index contributed by atoms with van der Waals surface area (Å²) in [6, 6.07) is 8.67. The van der Waals surface area contributed by atoms with Gasteiger partial charge in [0.15, 0.2) is 0 Å². The molecule has 0 saturated heterocycles. The van der Waals surface area contributed by atoms with E-state index < -0.39 is 0 Å². The molecule has 0 bridgehead atoms. The fraction of sp³-hybridized carbons (Fsp3) is 0.385. The number of rotatable bonds is 6. The first-order chi connectivity index (χ1) is 7.81. The average Bonchev–Trinajstić information content (AvgIpc) is 2.35. The summed E-state index contributed by atoms with van der Waals surface area (Å²) in [5.74, 6) is 8.20. The van der Waals surface area contributed by atoms with Gasteiger partial charge in [0, 0.05) is 17.4 Å². The maximum atomic E-state index is 5.55. The van der Waals surface area contributed by atoms with E-state index in [-0.39, 0.29) is 6.04 Å². The van der Waals surface area contributed by atoms with Gasteiger partial charge in [-0.05, 0) is 36.8 Å². The van der Waals surface area contributed by atoms with Crippen LogP contribution in [0.2, 0.25) is 0 Å². The van der Waals surface area contributed by atoms with Crippen molar-refractivity contribution in [2.24, 2.45) is 5.84 Å². The summed E-state index contributed by atoms with van der Waals surface area (Å²) in [7, 11) is 0. The Bertz CT molecular complexity index is 340. The van der Waals surface area contributed by atoms with Crippen molar-refractivity contribution in [3.05, 3.63) is 29.8 Å². The molecule has 0 aromatic heterocycles. The quantitative estimate of drug-likeness (QED) is 0.261. The first-order valence-electron chi connectivity index (χ1n) is 5.35. The van der Waals surface area contributed by atoms with Crippen molar-refractivity contribution in [2.75, 3.05) is 6.26 Å². The molecular formula is C13H18N2S. The second-order valence-corrected chi connectivity index (χ2v) is 4.47. The van der Waals surface area contributed by atoms with Gasteiger partial charge in [-0.2, -0.15) is 0 Å². The Balaban J connectivity index is 2.60. The minimum absolute atomic E-state index is 0.198. The lowest BCUT2D eigenvalue weighted by atomic mass is 10.0. The van der Waals surface area contributed by atoms with Crippen molar-refractivity contribution in [2.45, 2.75) is 30.2 Å². The molecule has 1 aromatic carbocycles. The van der Waals surface area contributed by atoms with E-state index in [9.17, 15) is 0 Å². The van der Waals surface area contributed by atoms with E-state index in [0.29, 0.717) is 0 Å². The largest absolute Gasteiger partial charge is 0.271 e. The zero-order valence-corrected chi connectivity index (χ0v) is 10.4. The maximum absolute atomic E-state index is 5.55. The number of hydrazine groups is 1. The zero-order valence-electron chi connectivity index (χ0n) is 9.57. The summed E-state index contributed by atoms with van der Waals surface area (Å²) < 4.78 is 0. The smallest absolute Gasteiger partial charge is 0.0460 e. The van der Waals surface area contributed by atoms with Crippen LogP contribution in [0.1, 0.15) is 30.9 Å². The van der Waals surface area contributed by atoms with Gasteiger partial charge >= 0.3 is 0 Å². The monoisotopic (exact) mass is 234 g/mol. The number of hydrogen-bond donors (Lipinski definition) is 2. The molecule has 0 saturated carbocycles. The van der Waals surface area contributed by atoms with Gasteiger partial charge in [-0.3, -0.25) is 11.3 Å². The van der Waals surface area contributed by atoms with Crippen LogP contribution in [-0.4, -0.2) is 6.26 Å². The second-order valence-electron chi connectivity index (χ2n) is 3.59. The number of thioether (sulfide) groups is 1. The molecule has 0 fully saturated rings. The van der Waals surface area contributed by atoms with Gasteiger partial charge < -0.3 is 0 Å². The molecule has 16 heavy (non-hydrogen) atoms. The van der Waals surface area contributed by atoms with E-state index in [0.717, 1.165) is 19.3 Å². The van der Waals surface area contributed by atoms with Gasteiger partial charge in [-0.1, -0.05) is 12.1 Å². The van der Waals surface area contributed by atoms with E-state index in [4.69, 9.17) is 12.3 Å². The summed E-state index contributed by atoms with van der Waals surface area (Å²) in [4.78, 5) is 1.27. The summed E-state index contributed by atoms with van der Waals surface area (Å²) in [6.07, 6.45) is 10.1. The Morgan fingerprint density at radius 2 is 2.12 bits per heavy atom. The molecular weight excluding hydrogens is 216 g/mol. The van der Waals surface area contributed by atoms with Crippen LogP contribution in [0.5, 0.6) is 0 Å². The third kappa shape index (κ3) is 3.90. The van der Waals surface area contributed by atoms with E-state index in [1.54, 1.807) is 11.8 Å². The summed E-state index contributed by atoms with van der Waals surface area (Å²) in [5.41, 5.74) is 4.06. The van der Waals surface area contributed by atoms with Crippen LogP contribution >= 0.6 is 11.8 Å². The van der Waals surface area contributed by atoms with Crippen molar-refractivity contribution < 1.29 is 0 Å². The highest BCUT2D eigenvalue weighted by Gasteiger charge is 2.08. The van der Waals surface area contributed by atoms with Crippen molar-refractivity contribution in [1.29, 1.82) is 0 Å². The average molecular weight is 234 g/mol. The summed E-state index contributed by atoms with van der Waals surface area (Å²) in [6.45, 7) is 0. The van der Waals surface area contributed by atoms with Gasteiger partial charge in [0.2, 0.25) is 0 Å². The Morgan fingerprint density at radius 3 is 2.62 bits per heavy atom. The van der Waals surface area contributed by atoms with Gasteiger partial charge in [0.1, 0.15) is 0 Å². The van der Waals surface area contributed by atoms with E-state index in [1.165, 1.54) is 10.5 Å². The summed E-state index contributed by atoms with van der Waals surface area (Å²) >= 11 is 1.74. The zero-order chi connectivity index (χ0) is 11.8. The number of benzene rings is 1. The molecule has 3 heteroatoms. The minimum atomic E-state index is 0.198. The Hall–Kier alpha value is -0.950. The molecule has 0 radical (unpaired) electrons. The highest BCUT2D eigenvalue weighted by atomic mass is 32.2. The predicted octanol–water partition coefficient (Wildman–Crippen LogP) is 2.72. The Kier molecular flexibility index (Phi) is 6.02. The fourth-order valence-corrected chi connectivity index (χ4v) is 2.00. The molecule has 0 amide bonds. The number of unbranched alkanes of at least 4 members (excludes halogenated alkanes) is 1. The van der Waals surface area contributed by atoms with Crippen LogP contribution in [0.3, 0.4) is 0 Å². The highest BCUT2D eigenvalue weighted by molar-refractivity contribution is 7.98. The lowest BCUT2D eigenvalue weighted by Crippen LogP contribution is -2.27. The van der Waals surface area contributed by atoms with Crippen LogP contribution in [0, 0.1) is 12.3 Å². The highest BCUT2D eigenvalue weighted by Crippen LogP contribution is 2.21. The van der Waals surface area contributed by atoms with E-state index in [1.807, 2.05) is 0 Å². The van der Waals surface area contributed by atoms with Crippen LogP contribution in [0.15, 0.2) is 29.2 Å². The molecule has 0 heterocycles. The van der Waals surface area contributed by atoms with Crippen molar-refractivity contribution in [3.63, 3.8) is 0 Å². The Labute approximate surface area is 102 Å². The minimum Gasteiger partial charge on any atom is -0.271 e. The molecule has 2 nitrogen and oxygen atoms in total. The second kappa shape index (κ2) is 7.34. The molecule has 1 atom stereocenters. The number of hydrogen-bond acceptors (Lipinski definition) is 3. The molecule has 3 N–H and O–H groups in total. The van der Waals surface area contributed by atoms with E-state index in [2.05, 4.69) is 41.9 Å². The predicted molar refractivity (Wildman–Crippen MR) is 71.0 cm³/mol. The SMILES string of the molecule is C#CCCCC(NN)c1ccc(SC)cc1.